The molecule has 0 saturated heterocycles. The Labute approximate surface area is 179 Å². The van der Waals surface area contributed by atoms with E-state index in [4.69, 9.17) is 19.2 Å². The summed E-state index contributed by atoms with van der Waals surface area (Å²) in [5, 5.41) is 3.30. The van der Waals surface area contributed by atoms with Crippen molar-refractivity contribution in [2.45, 2.75) is 6.54 Å². The highest BCUT2D eigenvalue weighted by Gasteiger charge is 2.17. The molecule has 0 radical (unpaired) electrons. The van der Waals surface area contributed by atoms with Crippen LogP contribution in [-0.4, -0.2) is 28.9 Å². The number of ether oxygens (including phenoxy) is 3. The molecule has 4 aromatic rings. The normalized spacial score (nSPS) is 11.9. The number of nitrogens with one attached hydrogen (secondary N) is 1. The van der Waals surface area contributed by atoms with E-state index in [1.165, 1.54) is 0 Å². The van der Waals surface area contributed by atoms with Crippen LogP contribution >= 0.6 is 0 Å². The minimum Gasteiger partial charge on any atom is -0.497 e. The van der Waals surface area contributed by atoms with Crippen LogP contribution < -0.4 is 19.5 Å². The van der Waals surface area contributed by atoms with Gasteiger partial charge in [-0.15, -0.1) is 0 Å². The Balaban J connectivity index is 1.49. The minimum absolute atomic E-state index is 0.234. The highest BCUT2D eigenvalue weighted by molar-refractivity contribution is 5.81. The number of anilines is 1. The van der Waals surface area contributed by atoms with Crippen molar-refractivity contribution in [2.24, 2.45) is 0 Å². The van der Waals surface area contributed by atoms with Gasteiger partial charge in [-0.1, -0.05) is 18.2 Å². The maximum atomic E-state index is 5.54. The van der Waals surface area contributed by atoms with Crippen LogP contribution in [-0.2, 0) is 6.54 Å². The quantitative estimate of drug-likeness (QED) is 0.497. The zero-order chi connectivity index (χ0) is 21.0. The summed E-state index contributed by atoms with van der Waals surface area (Å²) in [5.41, 5.74) is 4.60. The molecule has 1 aliphatic heterocycles. The number of aromatic nitrogens is 3. The molecule has 0 saturated carbocycles. The number of methoxy groups -OCH3 is 1. The minimum atomic E-state index is 0.234. The van der Waals surface area contributed by atoms with Crippen molar-refractivity contribution in [3.63, 3.8) is 0 Å². The number of fused-ring (bicyclic) bond motifs is 1. The van der Waals surface area contributed by atoms with Crippen molar-refractivity contribution >= 4 is 5.95 Å². The van der Waals surface area contributed by atoms with Crippen molar-refractivity contribution in [2.75, 3.05) is 19.2 Å². The van der Waals surface area contributed by atoms with Crippen LogP contribution in [0, 0.1) is 0 Å². The molecule has 154 valence electrons. The molecule has 0 fully saturated rings. The van der Waals surface area contributed by atoms with Crippen LogP contribution in [0.2, 0.25) is 0 Å². The molecule has 0 unspecified atom stereocenters. The van der Waals surface area contributed by atoms with Crippen molar-refractivity contribution in [1.29, 1.82) is 0 Å². The van der Waals surface area contributed by atoms with Gasteiger partial charge in [0, 0.05) is 36.3 Å². The number of pyridine rings is 1. The second-order valence-electron chi connectivity index (χ2n) is 6.97. The second kappa shape index (κ2) is 8.31. The number of benzene rings is 2. The van der Waals surface area contributed by atoms with Crippen LogP contribution in [0.25, 0.3) is 22.4 Å². The highest BCUT2D eigenvalue weighted by atomic mass is 16.7. The first-order valence-electron chi connectivity index (χ1n) is 9.84. The smallest absolute Gasteiger partial charge is 0.231 e. The van der Waals surface area contributed by atoms with Crippen LogP contribution in [0.5, 0.6) is 17.2 Å². The lowest BCUT2D eigenvalue weighted by Crippen LogP contribution is -2.05. The molecule has 0 bridgehead atoms. The molecule has 0 spiro atoms. The fraction of sp³-hybridized carbons (Fsp3) is 0.125. The van der Waals surface area contributed by atoms with E-state index in [-0.39, 0.29) is 6.79 Å². The third-order valence-corrected chi connectivity index (χ3v) is 4.99. The van der Waals surface area contributed by atoms with Crippen molar-refractivity contribution in [3.05, 3.63) is 78.8 Å². The Bertz CT molecular complexity index is 1210. The molecule has 0 amide bonds. The van der Waals surface area contributed by atoms with Crippen LogP contribution in [0.15, 0.2) is 73.2 Å². The molecular formula is C24H20N4O3. The van der Waals surface area contributed by atoms with Gasteiger partial charge in [0.1, 0.15) is 5.75 Å². The lowest BCUT2D eigenvalue weighted by molar-refractivity contribution is 0.174. The molecule has 31 heavy (non-hydrogen) atoms. The van der Waals surface area contributed by atoms with Gasteiger partial charge in [-0.05, 0) is 47.5 Å². The molecule has 2 aromatic carbocycles. The van der Waals surface area contributed by atoms with Gasteiger partial charge in [-0.25, -0.2) is 9.97 Å². The first-order chi connectivity index (χ1) is 15.3. The predicted molar refractivity (Wildman–Crippen MR) is 117 cm³/mol. The molecular weight excluding hydrogens is 392 g/mol. The van der Waals surface area contributed by atoms with Gasteiger partial charge in [-0.2, -0.15) is 0 Å². The van der Waals surface area contributed by atoms with E-state index in [2.05, 4.69) is 15.3 Å². The first-order valence-corrected chi connectivity index (χ1v) is 9.84. The fourth-order valence-electron chi connectivity index (χ4n) is 3.43. The van der Waals surface area contributed by atoms with Gasteiger partial charge < -0.3 is 19.5 Å². The zero-order valence-corrected chi connectivity index (χ0v) is 16.9. The first kappa shape index (κ1) is 18.9. The summed E-state index contributed by atoms with van der Waals surface area (Å²) in [6.07, 6.45) is 5.36. The Morgan fingerprint density at radius 3 is 2.77 bits per heavy atom. The number of nitrogens with zero attached hydrogens (tertiary/aromatic N) is 3. The summed E-state index contributed by atoms with van der Waals surface area (Å²) >= 11 is 0. The molecule has 5 rings (SSSR count). The Morgan fingerprint density at radius 1 is 0.968 bits per heavy atom. The van der Waals surface area contributed by atoms with Gasteiger partial charge in [-0.3, -0.25) is 4.98 Å². The van der Waals surface area contributed by atoms with Gasteiger partial charge in [0.15, 0.2) is 11.5 Å². The van der Waals surface area contributed by atoms with E-state index in [1.54, 1.807) is 19.5 Å². The van der Waals surface area contributed by atoms with E-state index in [9.17, 15) is 0 Å². The van der Waals surface area contributed by atoms with Crippen molar-refractivity contribution in [1.82, 2.24) is 15.0 Å². The lowest BCUT2D eigenvalue weighted by atomic mass is 10.0. The summed E-state index contributed by atoms with van der Waals surface area (Å²) in [6, 6.07) is 17.6. The summed E-state index contributed by atoms with van der Waals surface area (Å²) in [5.74, 6) is 2.81. The van der Waals surface area contributed by atoms with Crippen LogP contribution in [0.1, 0.15) is 5.56 Å². The van der Waals surface area contributed by atoms with Gasteiger partial charge >= 0.3 is 0 Å². The standard InChI is InChI=1S/C24H20N4O3/c1-29-19-6-2-4-16(10-19)12-26-24-27-14-20(23(28-24)18-5-3-9-25-13-18)17-7-8-21-22(11-17)31-15-30-21/h2-11,13-14H,12,15H2,1H3,(H,26,27,28). The van der Waals surface area contributed by atoms with E-state index in [0.29, 0.717) is 12.5 Å². The molecule has 2 aromatic heterocycles. The third-order valence-electron chi connectivity index (χ3n) is 4.99. The summed E-state index contributed by atoms with van der Waals surface area (Å²) in [4.78, 5) is 13.6. The Kier molecular flexibility index (Phi) is 5.06. The number of rotatable bonds is 6. The summed E-state index contributed by atoms with van der Waals surface area (Å²) in [6.45, 7) is 0.810. The van der Waals surface area contributed by atoms with E-state index >= 15 is 0 Å². The van der Waals surface area contributed by atoms with Crippen molar-refractivity contribution in [3.8, 4) is 39.6 Å². The average Bonchev–Trinajstić information content (AvgIpc) is 3.31. The van der Waals surface area contributed by atoms with Gasteiger partial charge in [0.25, 0.3) is 0 Å². The topological polar surface area (TPSA) is 78.4 Å². The van der Waals surface area contributed by atoms with Gasteiger partial charge in [0.2, 0.25) is 12.7 Å². The largest absolute Gasteiger partial charge is 0.497 e. The van der Waals surface area contributed by atoms with E-state index in [1.807, 2.05) is 60.8 Å². The third kappa shape index (κ3) is 3.98. The molecule has 1 N–H and O–H groups in total. The predicted octanol–water partition coefficient (Wildman–Crippen LogP) is 4.56. The highest BCUT2D eigenvalue weighted by Crippen LogP contribution is 2.38. The molecule has 7 heteroatoms. The second-order valence-corrected chi connectivity index (χ2v) is 6.97. The summed E-state index contributed by atoms with van der Waals surface area (Å²) in [7, 11) is 1.66. The maximum absolute atomic E-state index is 5.54. The maximum Gasteiger partial charge on any atom is 0.231 e. The molecule has 0 aliphatic carbocycles. The zero-order valence-electron chi connectivity index (χ0n) is 16.9. The number of hydrogen-bond donors (Lipinski definition) is 1. The molecule has 3 heterocycles. The van der Waals surface area contributed by atoms with Crippen LogP contribution in [0.4, 0.5) is 5.95 Å². The fourth-order valence-corrected chi connectivity index (χ4v) is 3.43. The number of hydrogen-bond acceptors (Lipinski definition) is 7. The van der Waals surface area contributed by atoms with E-state index in [0.717, 1.165) is 45.2 Å². The van der Waals surface area contributed by atoms with Crippen LogP contribution in [0.3, 0.4) is 0 Å². The molecule has 7 nitrogen and oxygen atoms in total. The summed E-state index contributed by atoms with van der Waals surface area (Å²) < 4.78 is 16.3. The molecule has 0 atom stereocenters. The lowest BCUT2D eigenvalue weighted by Gasteiger charge is -2.12. The molecule has 1 aliphatic rings. The van der Waals surface area contributed by atoms with Gasteiger partial charge in [0.05, 0.1) is 12.8 Å². The Hall–Kier alpha value is -4.13. The Morgan fingerprint density at radius 2 is 1.90 bits per heavy atom. The average molecular weight is 412 g/mol. The monoisotopic (exact) mass is 412 g/mol. The van der Waals surface area contributed by atoms with Crippen molar-refractivity contribution < 1.29 is 14.2 Å². The van der Waals surface area contributed by atoms with E-state index < -0.39 is 0 Å². The SMILES string of the molecule is COc1cccc(CNc2ncc(-c3ccc4c(c3)OCO4)c(-c3cccnc3)n2)c1.